The van der Waals surface area contributed by atoms with E-state index in [4.69, 9.17) is 9.47 Å². The van der Waals surface area contributed by atoms with Crippen molar-refractivity contribution in [3.8, 4) is 11.5 Å². The van der Waals surface area contributed by atoms with Crippen molar-refractivity contribution < 1.29 is 83.2 Å². The molecule has 0 unspecified atom stereocenters. The van der Waals surface area contributed by atoms with Crippen LogP contribution in [0.4, 0.5) is 52.7 Å². The van der Waals surface area contributed by atoms with Crippen molar-refractivity contribution in [1.82, 2.24) is 14.3 Å². The van der Waals surface area contributed by atoms with Gasteiger partial charge in [-0.25, -0.2) is 9.34 Å². The summed E-state index contributed by atoms with van der Waals surface area (Å²) in [6.45, 7) is 5.57. The third-order valence-electron chi connectivity index (χ3n) is 13.6. The molecular formula is C62H63BF12N3NiO3P2-. The largest absolute Gasteiger partial charge is 0.493 e. The van der Waals surface area contributed by atoms with Crippen LogP contribution in [0.15, 0.2) is 176 Å². The minimum atomic E-state index is -5.35. The van der Waals surface area contributed by atoms with Crippen molar-refractivity contribution in [3.05, 3.63) is 228 Å². The Kier molecular flexibility index (Phi) is 23.5. The summed E-state index contributed by atoms with van der Waals surface area (Å²) in [4.78, 5) is 3.78. The van der Waals surface area contributed by atoms with Crippen molar-refractivity contribution in [3.63, 3.8) is 0 Å². The van der Waals surface area contributed by atoms with Crippen molar-refractivity contribution in [1.29, 1.82) is 0 Å². The van der Waals surface area contributed by atoms with Crippen LogP contribution in [0.2, 0.25) is 0 Å². The Balaban J connectivity index is 0.000000336. The predicted molar refractivity (Wildman–Crippen MR) is 314 cm³/mol. The van der Waals surface area contributed by atoms with Gasteiger partial charge in [0, 0.05) is 28.9 Å². The van der Waals surface area contributed by atoms with Crippen LogP contribution >= 0.6 is 15.4 Å². The Morgan fingerprint density at radius 3 is 1.06 bits per heavy atom. The number of hydrogen-bond donors (Lipinski definition) is 0. The maximum atomic E-state index is 14.3. The van der Waals surface area contributed by atoms with E-state index in [1.165, 1.54) is 26.0 Å². The molecule has 0 radical (unpaired) electrons. The van der Waals surface area contributed by atoms with Gasteiger partial charge in [-0.15, -0.1) is 0 Å². The molecule has 0 aliphatic heterocycles. The standard InChI is InChI=1S/C32H24BF12.C24H30N2O3P2.C5H5N.CH3.Ni/c1-17-5-18(2)9-25(8-17)33(26-10-19(3)6-21(13-26)29(34,35)36,27-11-20(4)7-22(14-27)30(37,38)39)28-15-23(31(40,41)42)12-24(16-28)32(43,44)45;1-25(2)31(27,26(3)4)24-18-12-11-17-23(24)30(21-15-9-7-13-19(21)28-5)22-16-10-8-14-20(22)29-6;1-2-4-6-5-3-1;;/h5-16H,1-4H3;7-18H,1-6H3;1-5H;1H3;/q-1;;;-1;/p+1. The van der Waals surface area contributed by atoms with E-state index in [-0.39, 0.29) is 46.6 Å². The Hall–Kier alpha value is -6.41. The third kappa shape index (κ3) is 15.9. The summed E-state index contributed by atoms with van der Waals surface area (Å²) >= 11 is 0. The molecule has 0 saturated carbocycles. The van der Waals surface area contributed by atoms with Crippen LogP contribution in [-0.4, -0.2) is 62.9 Å². The van der Waals surface area contributed by atoms with Crippen LogP contribution in [-0.2, 0) is 45.8 Å². The van der Waals surface area contributed by atoms with E-state index in [0.29, 0.717) is 35.4 Å². The van der Waals surface area contributed by atoms with Crippen LogP contribution in [0, 0.1) is 35.1 Å². The molecule has 452 valence electrons. The summed E-state index contributed by atoms with van der Waals surface area (Å²) in [7, 11) is 6.27. The molecule has 0 N–H and O–H groups in total. The number of rotatable bonds is 12. The van der Waals surface area contributed by atoms with E-state index in [9.17, 15) is 57.3 Å². The zero-order valence-corrected chi connectivity index (χ0v) is 50.6. The van der Waals surface area contributed by atoms with Gasteiger partial charge in [0.2, 0.25) is 7.44 Å². The molecule has 22 heteroatoms. The number of alkyl halides is 12. The average molecular weight is 1260 g/mol. The first kappa shape index (κ1) is 70.1. The van der Waals surface area contributed by atoms with E-state index in [1.54, 1.807) is 46.5 Å². The second-order valence-electron chi connectivity index (χ2n) is 19.9. The van der Waals surface area contributed by atoms with Crippen molar-refractivity contribution in [2.75, 3.05) is 42.4 Å². The Morgan fingerprint density at radius 1 is 0.429 bits per heavy atom. The number of pyridine rings is 1. The summed E-state index contributed by atoms with van der Waals surface area (Å²) in [5.74, 6) is 1.64. The molecule has 1 aromatic heterocycles. The molecule has 0 aliphatic carbocycles. The zero-order valence-electron chi connectivity index (χ0n) is 47.7. The first-order chi connectivity index (χ1) is 38.3. The van der Waals surface area contributed by atoms with Gasteiger partial charge in [0.05, 0.1) is 41.8 Å². The minimum Gasteiger partial charge on any atom is -0.493 e. The fourth-order valence-electron chi connectivity index (χ4n) is 10.3. The van der Waals surface area contributed by atoms with Gasteiger partial charge >= 0.3 is 24.7 Å². The number of benzene rings is 7. The average Bonchev–Trinajstić information content (AvgIpc) is 2.05. The smallest absolute Gasteiger partial charge is 0.416 e. The topological polar surface area (TPSA) is 54.9 Å². The zero-order chi connectivity index (χ0) is 60.8. The normalized spacial score (nSPS) is 12.1. The number of aryl methyl sites for hydroxylation is 4. The van der Waals surface area contributed by atoms with E-state index in [2.05, 4.69) is 23.2 Å². The quantitative estimate of drug-likeness (QED) is 0.0526. The molecule has 0 bridgehead atoms. The second-order valence-corrected chi connectivity index (χ2v) is 25.5. The molecule has 0 spiro atoms. The molecule has 0 aliphatic rings. The number of hydrogen-bond acceptors (Lipinski definition) is 4. The van der Waals surface area contributed by atoms with Crippen LogP contribution in [0.5, 0.6) is 11.5 Å². The molecule has 0 saturated heterocycles. The Morgan fingerprint density at radius 2 is 0.738 bits per heavy atom. The summed E-state index contributed by atoms with van der Waals surface area (Å²) in [6, 6.07) is 39.8. The molecule has 1 heterocycles. The number of aromatic nitrogens is 1. The van der Waals surface area contributed by atoms with Gasteiger partial charge < -0.3 is 16.9 Å². The number of para-hydroxylation sites is 2. The molecule has 8 rings (SSSR count). The molecule has 84 heavy (non-hydrogen) atoms. The molecule has 0 atom stereocenters. The first-order valence-corrected chi connectivity index (χ1v) is 28.4. The monoisotopic (exact) mass is 1260 g/mol. The molecule has 6 nitrogen and oxygen atoms in total. The number of halogens is 12. The molecule has 0 fully saturated rings. The number of nitrogens with zero attached hydrogens (tertiary/aromatic N) is 3. The molecule has 7 aromatic carbocycles. The summed E-state index contributed by atoms with van der Waals surface area (Å²) in [6.07, 6.45) is -20.8. The van der Waals surface area contributed by atoms with Gasteiger partial charge in [-0.2, -0.15) is 74.5 Å². The Labute approximate surface area is 494 Å². The fraction of sp³-hybridized carbons (Fsp3) is 0.226. The van der Waals surface area contributed by atoms with Gasteiger partial charge in [0.1, 0.15) is 30.0 Å². The summed E-state index contributed by atoms with van der Waals surface area (Å²) in [5.41, 5.74) is -7.05. The fourth-order valence-corrected chi connectivity index (χ4v) is 16.2. The third-order valence-corrected chi connectivity index (χ3v) is 19.9. The van der Waals surface area contributed by atoms with E-state index in [1.807, 2.05) is 110 Å². The summed E-state index contributed by atoms with van der Waals surface area (Å²) in [5, 5.41) is 4.09. The number of ether oxygens (including phenoxy) is 2. The van der Waals surface area contributed by atoms with Crippen molar-refractivity contribution in [2.24, 2.45) is 0 Å². The molecule has 0 amide bonds. The maximum Gasteiger partial charge on any atom is 0.416 e. The summed E-state index contributed by atoms with van der Waals surface area (Å²) < 4.78 is 199. The van der Waals surface area contributed by atoms with Crippen LogP contribution in [0.25, 0.3) is 0 Å². The minimum absolute atomic E-state index is 0. The van der Waals surface area contributed by atoms with E-state index in [0.717, 1.165) is 57.0 Å². The number of methoxy groups -OCH3 is 2. The SMILES string of the molecule is COc1ccccc1[PH+](c1ccccc1OC)c1ccccc1P(=O)(N(C)C)N(C)C.Cc1cc(C)cc([B-](c2cc(C)cc(C(F)(F)F)c2)(c2cc(C)cc(C(F)(F)F)c2)c2cc(C(F)(F)F)cc(C(F)(F)F)c2)c1.[CH3-].[Ni].c1ccncc1. The predicted octanol–water partition coefficient (Wildman–Crippen LogP) is 13.0. The Bertz CT molecular complexity index is 3340. The van der Waals surface area contributed by atoms with Gasteiger partial charge in [-0.05, 0) is 123 Å². The van der Waals surface area contributed by atoms with Gasteiger partial charge in [-0.3, -0.25) is 9.55 Å². The molecule has 8 aromatic rings. The molecular weight excluding hydrogens is 1190 g/mol. The van der Waals surface area contributed by atoms with Crippen LogP contribution in [0.1, 0.15) is 44.5 Å². The van der Waals surface area contributed by atoms with Crippen LogP contribution < -0.4 is 52.5 Å². The van der Waals surface area contributed by atoms with Crippen molar-refractivity contribution >= 4 is 64.6 Å². The maximum absolute atomic E-state index is 14.3. The van der Waals surface area contributed by atoms with E-state index >= 15 is 0 Å². The van der Waals surface area contributed by atoms with Crippen LogP contribution in [0.3, 0.4) is 0 Å². The first-order valence-electron chi connectivity index (χ1n) is 25.3. The van der Waals surface area contributed by atoms with Gasteiger partial charge in [0.15, 0.2) is 11.5 Å². The van der Waals surface area contributed by atoms with Gasteiger partial charge in [0.25, 0.3) is 0 Å². The van der Waals surface area contributed by atoms with Crippen molar-refractivity contribution in [2.45, 2.75) is 52.4 Å². The second kappa shape index (κ2) is 28.2. The van der Waals surface area contributed by atoms with Gasteiger partial charge in [-0.1, -0.05) is 119 Å². The van der Waals surface area contributed by atoms with E-state index < -0.39 is 84.9 Å².